The first kappa shape index (κ1) is 18.4. The Bertz CT molecular complexity index is 1260. The molecule has 148 valence electrons. The molecule has 1 aliphatic rings. The van der Waals surface area contributed by atoms with E-state index in [2.05, 4.69) is 34.8 Å². The molecule has 1 aromatic carbocycles. The standard InChI is InChI=1S/C19H15BrFN5O2S/c1-9-14-16(20)23-17(18-22-10(2)24-29-18)26(14)7-6-25(9)19(27)12-3-4-13(21)11-5-8-28-15(11)12/h3-5,8-9H,6-7H2,1-2H3/t9-/m1/s1. The van der Waals surface area contributed by atoms with Gasteiger partial charge in [-0.15, -0.1) is 0 Å². The molecule has 7 nitrogen and oxygen atoms in total. The lowest BCUT2D eigenvalue weighted by Crippen LogP contribution is -2.41. The van der Waals surface area contributed by atoms with E-state index in [9.17, 15) is 9.18 Å². The van der Waals surface area contributed by atoms with Gasteiger partial charge in [-0.05, 0) is 59.5 Å². The van der Waals surface area contributed by atoms with Gasteiger partial charge in [-0.1, -0.05) is 0 Å². The molecule has 10 heteroatoms. The number of hydrogen-bond donors (Lipinski definition) is 0. The predicted octanol–water partition coefficient (Wildman–Crippen LogP) is 4.57. The predicted molar refractivity (Wildman–Crippen MR) is 109 cm³/mol. The second kappa shape index (κ2) is 6.74. The molecule has 0 bridgehead atoms. The van der Waals surface area contributed by atoms with Gasteiger partial charge in [-0.2, -0.15) is 4.37 Å². The lowest BCUT2D eigenvalue weighted by atomic mass is 10.1. The number of aryl methyl sites for hydroxylation is 1. The van der Waals surface area contributed by atoms with Crippen LogP contribution in [0.2, 0.25) is 0 Å². The third-order valence-corrected chi connectivity index (χ3v) is 6.55. The van der Waals surface area contributed by atoms with Crippen molar-refractivity contribution < 1.29 is 13.6 Å². The molecule has 0 unspecified atom stereocenters. The molecule has 0 aliphatic carbocycles. The zero-order valence-electron chi connectivity index (χ0n) is 15.5. The fourth-order valence-electron chi connectivity index (χ4n) is 3.79. The average Bonchev–Trinajstić information content (AvgIpc) is 3.41. The van der Waals surface area contributed by atoms with Crippen molar-refractivity contribution in [3.8, 4) is 10.8 Å². The van der Waals surface area contributed by atoms with Gasteiger partial charge < -0.3 is 13.9 Å². The van der Waals surface area contributed by atoms with E-state index in [0.717, 1.165) is 16.5 Å². The minimum Gasteiger partial charge on any atom is -0.463 e. The van der Waals surface area contributed by atoms with Crippen LogP contribution in [-0.4, -0.2) is 36.3 Å². The number of fused-ring (bicyclic) bond motifs is 2. The number of rotatable bonds is 2. The highest BCUT2D eigenvalue weighted by molar-refractivity contribution is 9.10. The van der Waals surface area contributed by atoms with E-state index in [-0.39, 0.29) is 17.5 Å². The summed E-state index contributed by atoms with van der Waals surface area (Å²) in [5.74, 6) is 0.837. The van der Waals surface area contributed by atoms with E-state index in [1.807, 2.05) is 13.8 Å². The second-order valence-electron chi connectivity index (χ2n) is 6.84. The van der Waals surface area contributed by atoms with E-state index in [1.165, 1.54) is 36.0 Å². The first-order valence-corrected chi connectivity index (χ1v) is 10.6. The molecule has 0 radical (unpaired) electrons. The number of aromatic nitrogens is 4. The van der Waals surface area contributed by atoms with E-state index in [4.69, 9.17) is 4.42 Å². The van der Waals surface area contributed by atoms with Crippen LogP contribution in [0.3, 0.4) is 0 Å². The molecule has 5 rings (SSSR count). The summed E-state index contributed by atoms with van der Waals surface area (Å²) in [6, 6.07) is 4.07. The quantitative estimate of drug-likeness (QED) is 0.424. The summed E-state index contributed by atoms with van der Waals surface area (Å²) in [6.45, 7) is 4.85. The molecular formula is C19H15BrFN5O2S. The van der Waals surface area contributed by atoms with E-state index < -0.39 is 5.82 Å². The van der Waals surface area contributed by atoms with E-state index >= 15 is 0 Å². The van der Waals surface area contributed by atoms with Gasteiger partial charge in [0.15, 0.2) is 10.8 Å². The van der Waals surface area contributed by atoms with Crippen molar-refractivity contribution in [2.45, 2.75) is 26.4 Å². The molecule has 0 saturated heterocycles. The van der Waals surface area contributed by atoms with E-state index in [1.54, 1.807) is 4.90 Å². The van der Waals surface area contributed by atoms with Crippen molar-refractivity contribution in [3.05, 3.63) is 52.0 Å². The number of nitrogens with zero attached hydrogens (tertiary/aromatic N) is 5. The monoisotopic (exact) mass is 475 g/mol. The van der Waals surface area contributed by atoms with Crippen LogP contribution >= 0.6 is 27.5 Å². The van der Waals surface area contributed by atoms with E-state index in [0.29, 0.717) is 34.5 Å². The first-order chi connectivity index (χ1) is 14.0. The number of furan rings is 1. The van der Waals surface area contributed by atoms with Gasteiger partial charge in [-0.3, -0.25) is 4.79 Å². The molecule has 1 atom stereocenters. The SMILES string of the molecule is Cc1nsc(-c2nc(Br)c3n2CCN(C(=O)c2ccc(F)c4ccoc24)[C@@H]3C)n1. The number of carbonyl (C=O) groups is 1. The van der Waals surface area contributed by atoms with Crippen LogP contribution in [0.5, 0.6) is 0 Å². The van der Waals surface area contributed by atoms with Gasteiger partial charge >= 0.3 is 0 Å². The lowest BCUT2D eigenvalue weighted by molar-refractivity contribution is 0.0644. The van der Waals surface area contributed by atoms with Gasteiger partial charge in [0.1, 0.15) is 21.8 Å². The van der Waals surface area contributed by atoms with Crippen molar-refractivity contribution in [1.29, 1.82) is 0 Å². The van der Waals surface area contributed by atoms with Crippen molar-refractivity contribution in [3.63, 3.8) is 0 Å². The lowest BCUT2D eigenvalue weighted by Gasteiger charge is -2.35. The summed E-state index contributed by atoms with van der Waals surface area (Å²) in [5, 5.41) is 1.05. The summed E-state index contributed by atoms with van der Waals surface area (Å²) in [5.41, 5.74) is 1.51. The second-order valence-corrected chi connectivity index (χ2v) is 8.35. The minimum atomic E-state index is -0.408. The molecule has 0 fully saturated rings. The third-order valence-electron chi connectivity index (χ3n) is 5.16. The summed E-state index contributed by atoms with van der Waals surface area (Å²) >= 11 is 4.85. The molecule has 0 spiro atoms. The van der Waals surface area contributed by atoms with Crippen LogP contribution in [0, 0.1) is 12.7 Å². The Hall–Kier alpha value is -2.59. The number of imidazole rings is 1. The molecule has 0 N–H and O–H groups in total. The summed E-state index contributed by atoms with van der Waals surface area (Å²) in [7, 11) is 0. The number of hydrogen-bond acceptors (Lipinski definition) is 6. The topological polar surface area (TPSA) is 77.0 Å². The highest BCUT2D eigenvalue weighted by atomic mass is 79.9. The number of carbonyl (C=O) groups excluding carboxylic acids is 1. The Kier molecular flexibility index (Phi) is 4.28. The van der Waals surface area contributed by atoms with Crippen molar-refractivity contribution in [2.75, 3.05) is 6.54 Å². The maximum absolute atomic E-state index is 14.0. The van der Waals surface area contributed by atoms with Crippen LogP contribution in [0.25, 0.3) is 21.8 Å². The van der Waals surface area contributed by atoms with Gasteiger partial charge in [-0.25, -0.2) is 14.4 Å². The van der Waals surface area contributed by atoms with Gasteiger partial charge in [0.05, 0.1) is 28.9 Å². The maximum Gasteiger partial charge on any atom is 0.258 e. The first-order valence-electron chi connectivity index (χ1n) is 8.99. The fraction of sp³-hybridized carbons (Fsp3) is 0.263. The number of amides is 1. The molecule has 29 heavy (non-hydrogen) atoms. The molecule has 3 aromatic heterocycles. The molecule has 4 heterocycles. The van der Waals surface area contributed by atoms with Crippen molar-refractivity contribution >= 4 is 44.3 Å². The normalized spacial score (nSPS) is 16.4. The fourth-order valence-corrected chi connectivity index (χ4v) is 5.17. The molecule has 1 amide bonds. The number of benzene rings is 1. The zero-order chi connectivity index (χ0) is 20.3. The summed E-state index contributed by atoms with van der Waals surface area (Å²) < 4.78 is 26.4. The smallest absolute Gasteiger partial charge is 0.258 e. The van der Waals surface area contributed by atoms with Crippen molar-refractivity contribution in [2.24, 2.45) is 0 Å². The highest BCUT2D eigenvalue weighted by Crippen LogP contribution is 2.37. The third kappa shape index (κ3) is 2.81. The average molecular weight is 476 g/mol. The van der Waals surface area contributed by atoms with Crippen LogP contribution in [0.15, 0.2) is 33.5 Å². The molecular weight excluding hydrogens is 461 g/mol. The molecule has 1 aliphatic heterocycles. The van der Waals surface area contributed by atoms with Gasteiger partial charge in [0, 0.05) is 13.1 Å². The summed E-state index contributed by atoms with van der Waals surface area (Å²) in [4.78, 5) is 24.1. The van der Waals surface area contributed by atoms with Crippen LogP contribution in [0.1, 0.15) is 34.8 Å². The van der Waals surface area contributed by atoms with Crippen LogP contribution in [-0.2, 0) is 6.54 Å². The Labute approximate surface area is 177 Å². The van der Waals surface area contributed by atoms with Crippen LogP contribution < -0.4 is 0 Å². The number of halogens is 2. The minimum absolute atomic E-state index is 0.204. The Morgan fingerprint density at radius 2 is 2.14 bits per heavy atom. The zero-order valence-corrected chi connectivity index (χ0v) is 17.9. The molecule has 0 saturated carbocycles. The molecule has 4 aromatic rings. The largest absolute Gasteiger partial charge is 0.463 e. The maximum atomic E-state index is 14.0. The van der Waals surface area contributed by atoms with Crippen LogP contribution in [0.4, 0.5) is 4.39 Å². The van der Waals surface area contributed by atoms with Crippen molar-refractivity contribution in [1.82, 2.24) is 23.8 Å². The Morgan fingerprint density at radius 3 is 2.90 bits per heavy atom. The van der Waals surface area contributed by atoms with Gasteiger partial charge in [0.25, 0.3) is 5.91 Å². The summed E-state index contributed by atoms with van der Waals surface area (Å²) in [6.07, 6.45) is 1.39. The van der Waals surface area contributed by atoms with Gasteiger partial charge in [0.2, 0.25) is 0 Å². The Morgan fingerprint density at radius 1 is 1.31 bits per heavy atom. The Balaban J connectivity index is 1.54. The highest BCUT2D eigenvalue weighted by Gasteiger charge is 2.34.